The second kappa shape index (κ2) is 11.2. The number of aliphatic hydroxyl groups excluding tert-OH is 1. The minimum Gasteiger partial charge on any atom is -0.488 e. The van der Waals surface area contributed by atoms with Crippen LogP contribution in [-0.4, -0.2) is 42.1 Å². The molecule has 0 saturated carbocycles. The molecule has 1 aromatic heterocycles. The summed E-state index contributed by atoms with van der Waals surface area (Å²) in [4.78, 5) is 15.6. The van der Waals surface area contributed by atoms with Gasteiger partial charge in [0.15, 0.2) is 0 Å². The van der Waals surface area contributed by atoms with E-state index in [-0.39, 0.29) is 23.2 Å². The first-order valence-corrected chi connectivity index (χ1v) is 11.7. The first-order chi connectivity index (χ1) is 15.5. The van der Waals surface area contributed by atoms with Gasteiger partial charge in [-0.1, -0.05) is 56.2 Å². The average molecular weight is 460 g/mol. The zero-order valence-corrected chi connectivity index (χ0v) is 21.6. The SMILES string of the molecule is COc1[nH]c(C/C=C(\C)C/C=C/C(C)=C/[C@@H](C)[C@@H](O)[C@]2(C)O[C@H]2C(C)C)c(C)c(=O)c1OC. The van der Waals surface area contributed by atoms with E-state index in [2.05, 4.69) is 50.1 Å². The van der Waals surface area contributed by atoms with Gasteiger partial charge >= 0.3 is 0 Å². The molecule has 0 bridgehead atoms. The molecule has 0 aliphatic carbocycles. The molecule has 1 saturated heterocycles. The summed E-state index contributed by atoms with van der Waals surface area (Å²) in [5.41, 5.74) is 3.15. The highest BCUT2D eigenvalue weighted by molar-refractivity contribution is 5.40. The van der Waals surface area contributed by atoms with E-state index >= 15 is 0 Å². The van der Waals surface area contributed by atoms with Crippen LogP contribution in [0.4, 0.5) is 0 Å². The highest BCUT2D eigenvalue weighted by Gasteiger charge is 2.59. The smallest absolute Gasteiger partial charge is 0.238 e. The summed E-state index contributed by atoms with van der Waals surface area (Å²) in [7, 11) is 2.97. The fourth-order valence-corrected chi connectivity index (χ4v) is 4.38. The minimum absolute atomic E-state index is 0.00453. The van der Waals surface area contributed by atoms with E-state index in [1.54, 1.807) is 6.92 Å². The fourth-order valence-electron chi connectivity index (χ4n) is 4.38. The van der Waals surface area contributed by atoms with E-state index in [1.165, 1.54) is 19.8 Å². The summed E-state index contributed by atoms with van der Waals surface area (Å²) >= 11 is 0. The third-order valence-electron chi connectivity index (χ3n) is 6.46. The van der Waals surface area contributed by atoms with Crippen molar-refractivity contribution in [1.82, 2.24) is 4.98 Å². The molecule has 1 fully saturated rings. The highest BCUT2D eigenvalue weighted by atomic mass is 16.6. The molecule has 33 heavy (non-hydrogen) atoms. The van der Waals surface area contributed by atoms with E-state index in [1.807, 2.05) is 20.8 Å². The van der Waals surface area contributed by atoms with Crippen LogP contribution in [0, 0.1) is 18.8 Å². The third kappa shape index (κ3) is 6.39. The maximum atomic E-state index is 12.5. The number of ether oxygens (including phenoxy) is 3. The van der Waals surface area contributed by atoms with Crippen LogP contribution in [0.25, 0.3) is 0 Å². The maximum absolute atomic E-state index is 12.5. The van der Waals surface area contributed by atoms with Crippen molar-refractivity contribution in [3.8, 4) is 11.6 Å². The first kappa shape index (κ1) is 26.9. The van der Waals surface area contributed by atoms with Gasteiger partial charge in [-0.2, -0.15) is 0 Å². The zero-order chi connectivity index (χ0) is 24.9. The van der Waals surface area contributed by atoms with Gasteiger partial charge in [-0.3, -0.25) is 4.79 Å². The van der Waals surface area contributed by atoms with Crippen LogP contribution in [0.2, 0.25) is 0 Å². The number of hydrogen-bond donors (Lipinski definition) is 2. The summed E-state index contributed by atoms with van der Waals surface area (Å²) in [5, 5.41) is 10.7. The second-order valence-electron chi connectivity index (χ2n) is 9.67. The number of pyridine rings is 1. The number of aliphatic hydroxyl groups is 1. The number of aromatic nitrogens is 1. The molecule has 1 aromatic rings. The predicted octanol–water partition coefficient (Wildman–Crippen LogP) is 4.89. The quantitative estimate of drug-likeness (QED) is 0.280. The second-order valence-corrected chi connectivity index (χ2v) is 9.67. The first-order valence-electron chi connectivity index (χ1n) is 11.7. The van der Waals surface area contributed by atoms with Gasteiger partial charge in [0.1, 0.15) is 5.60 Å². The van der Waals surface area contributed by atoms with E-state index in [9.17, 15) is 9.90 Å². The van der Waals surface area contributed by atoms with Crippen molar-refractivity contribution >= 4 is 0 Å². The maximum Gasteiger partial charge on any atom is 0.238 e. The van der Waals surface area contributed by atoms with Gasteiger partial charge in [-0.15, -0.1) is 0 Å². The normalized spacial score (nSPS) is 23.2. The van der Waals surface area contributed by atoms with E-state index < -0.39 is 11.7 Å². The van der Waals surface area contributed by atoms with E-state index in [0.29, 0.717) is 23.8 Å². The highest BCUT2D eigenvalue weighted by Crippen LogP contribution is 2.45. The molecule has 0 aromatic carbocycles. The van der Waals surface area contributed by atoms with E-state index in [4.69, 9.17) is 14.2 Å². The van der Waals surface area contributed by atoms with Gasteiger partial charge < -0.3 is 24.3 Å². The molecule has 1 aliphatic rings. The lowest BCUT2D eigenvalue weighted by Crippen LogP contribution is -2.35. The van der Waals surface area contributed by atoms with Crippen LogP contribution >= 0.6 is 0 Å². The van der Waals surface area contributed by atoms with Crippen LogP contribution in [0.5, 0.6) is 11.6 Å². The molecular formula is C27H41NO5. The topological polar surface area (TPSA) is 84.1 Å². The van der Waals surface area contributed by atoms with Crippen molar-refractivity contribution in [3.63, 3.8) is 0 Å². The number of nitrogens with one attached hydrogen (secondary N) is 1. The largest absolute Gasteiger partial charge is 0.488 e. The van der Waals surface area contributed by atoms with Crippen LogP contribution in [0.3, 0.4) is 0 Å². The Morgan fingerprint density at radius 2 is 1.91 bits per heavy atom. The molecule has 1 aliphatic heterocycles. The van der Waals surface area contributed by atoms with Crippen molar-refractivity contribution in [1.29, 1.82) is 0 Å². The molecule has 6 heteroatoms. The number of hydrogen-bond acceptors (Lipinski definition) is 5. The number of allylic oxidation sites excluding steroid dienone is 5. The Balaban J connectivity index is 1.97. The molecule has 0 amide bonds. The zero-order valence-electron chi connectivity index (χ0n) is 21.6. The van der Waals surface area contributed by atoms with Gasteiger partial charge in [0.2, 0.25) is 17.1 Å². The van der Waals surface area contributed by atoms with Crippen molar-refractivity contribution in [3.05, 3.63) is 56.9 Å². The molecule has 4 atom stereocenters. The molecule has 2 N–H and O–H groups in total. The molecule has 2 heterocycles. The summed E-state index contributed by atoms with van der Waals surface area (Å²) in [6.07, 6.45) is 9.41. The van der Waals surface area contributed by atoms with E-state index in [0.717, 1.165) is 17.7 Å². The third-order valence-corrected chi connectivity index (χ3v) is 6.46. The van der Waals surface area contributed by atoms with Crippen molar-refractivity contribution < 1.29 is 19.3 Å². The number of H-pyrrole nitrogens is 1. The Bertz CT molecular complexity index is 971. The molecule has 184 valence electrons. The Hall–Kier alpha value is -2.31. The van der Waals surface area contributed by atoms with Crippen molar-refractivity contribution in [2.24, 2.45) is 11.8 Å². The number of methoxy groups -OCH3 is 2. The Morgan fingerprint density at radius 1 is 1.24 bits per heavy atom. The lowest BCUT2D eigenvalue weighted by atomic mass is 9.86. The lowest BCUT2D eigenvalue weighted by Gasteiger charge is -2.21. The molecule has 0 radical (unpaired) electrons. The summed E-state index contributed by atoms with van der Waals surface area (Å²) in [6.45, 7) is 14.2. The predicted molar refractivity (Wildman–Crippen MR) is 133 cm³/mol. The molecule has 0 unspecified atom stereocenters. The summed E-state index contributed by atoms with van der Waals surface area (Å²) < 4.78 is 16.2. The summed E-state index contributed by atoms with van der Waals surface area (Å²) in [6, 6.07) is 0. The number of epoxide rings is 1. The lowest BCUT2D eigenvalue weighted by molar-refractivity contribution is 0.0563. The summed E-state index contributed by atoms with van der Waals surface area (Å²) in [5.74, 6) is 0.948. The van der Waals surface area contributed by atoms with Crippen molar-refractivity contribution in [2.75, 3.05) is 14.2 Å². The van der Waals surface area contributed by atoms with Crippen LogP contribution in [0.15, 0.2) is 40.2 Å². The van der Waals surface area contributed by atoms with Gasteiger partial charge in [-0.25, -0.2) is 0 Å². The fraction of sp³-hybridized carbons (Fsp3) is 0.593. The van der Waals surface area contributed by atoms with Gasteiger partial charge in [0.25, 0.3) is 0 Å². The minimum atomic E-state index is -0.526. The number of aromatic amines is 1. The van der Waals surface area contributed by atoms with Gasteiger partial charge in [-0.05, 0) is 40.0 Å². The molecule has 2 rings (SSSR count). The van der Waals surface area contributed by atoms with Crippen LogP contribution in [0.1, 0.15) is 59.2 Å². The average Bonchev–Trinajstić information content (AvgIpc) is 3.47. The molecular weight excluding hydrogens is 418 g/mol. The van der Waals surface area contributed by atoms with Crippen LogP contribution < -0.4 is 14.9 Å². The Kier molecular flexibility index (Phi) is 9.15. The van der Waals surface area contributed by atoms with Gasteiger partial charge in [0.05, 0.1) is 26.4 Å². The standard InChI is InChI=1S/C27H41NO5/c1-16(2)25-27(7,33-25)24(30)19(5)15-18(4)12-10-11-17(3)13-14-21-20(6)22(29)23(31-8)26(28-21)32-9/h10,12-13,15-16,19,24-25,30H,11,14H2,1-9H3,(H,28,29)/b12-10+,17-13+,18-15+/t19-,24-,25+,27+/m1/s1. The molecule has 0 spiro atoms. The monoisotopic (exact) mass is 459 g/mol. The Morgan fingerprint density at radius 3 is 2.45 bits per heavy atom. The van der Waals surface area contributed by atoms with Crippen molar-refractivity contribution in [2.45, 2.75) is 79.1 Å². The van der Waals surface area contributed by atoms with Crippen LogP contribution in [-0.2, 0) is 11.2 Å². The van der Waals surface area contributed by atoms with Gasteiger partial charge in [0, 0.05) is 23.6 Å². The molecule has 6 nitrogen and oxygen atoms in total. The Labute approximate surface area is 198 Å². The number of rotatable bonds is 11.